The fraction of sp³-hybridized carbons (Fsp3) is 0.500. The van der Waals surface area contributed by atoms with Crippen LogP contribution in [0.2, 0.25) is 0 Å². The van der Waals surface area contributed by atoms with Crippen molar-refractivity contribution >= 4 is 5.90 Å². The second-order valence-electron chi connectivity index (χ2n) is 7.28. The standard InChI is InChI=1S/C26H43N3O/c1-8-11-12-17-24(5)25(6)28-19-21-29(10-3)20-13-14-22-30-26(27-7)18-15-16-23(4)9-2/h8-9,11-12,15,17-18,23,28H,1-2,6,10,13-14,16,19-22H2,3-5,7H3/b12-11-,18-15-,24-17+,27-26?. The molecule has 168 valence electrons. The zero-order chi connectivity index (χ0) is 22.6. The van der Waals surface area contributed by atoms with Crippen molar-refractivity contribution < 1.29 is 4.74 Å². The highest BCUT2D eigenvalue weighted by atomic mass is 16.5. The normalized spacial score (nSPS) is 13.8. The Morgan fingerprint density at radius 1 is 1.20 bits per heavy atom. The average molecular weight is 414 g/mol. The zero-order valence-electron chi connectivity index (χ0n) is 19.7. The van der Waals surface area contributed by atoms with Gasteiger partial charge in [-0.25, -0.2) is 0 Å². The fourth-order valence-corrected chi connectivity index (χ4v) is 2.59. The lowest BCUT2D eigenvalue weighted by molar-refractivity contribution is 0.255. The molecule has 1 unspecified atom stereocenters. The van der Waals surface area contributed by atoms with Gasteiger partial charge in [0.05, 0.1) is 6.61 Å². The molecule has 0 aliphatic heterocycles. The molecule has 0 bridgehead atoms. The summed E-state index contributed by atoms with van der Waals surface area (Å²) in [7, 11) is 1.77. The summed E-state index contributed by atoms with van der Waals surface area (Å²) in [5, 5.41) is 3.41. The monoisotopic (exact) mass is 413 g/mol. The molecule has 0 saturated heterocycles. The maximum Gasteiger partial charge on any atom is 0.207 e. The van der Waals surface area contributed by atoms with E-state index in [1.54, 1.807) is 13.1 Å². The van der Waals surface area contributed by atoms with Crippen molar-refractivity contribution in [2.45, 2.75) is 40.0 Å². The topological polar surface area (TPSA) is 36.9 Å². The highest BCUT2D eigenvalue weighted by Gasteiger charge is 2.03. The number of aliphatic imine (C=N–C) groups is 1. The van der Waals surface area contributed by atoms with Crippen LogP contribution in [0.1, 0.15) is 40.0 Å². The molecule has 0 aromatic rings. The van der Waals surface area contributed by atoms with Crippen LogP contribution >= 0.6 is 0 Å². The van der Waals surface area contributed by atoms with Gasteiger partial charge in [0.25, 0.3) is 0 Å². The lowest BCUT2D eigenvalue weighted by Gasteiger charge is -2.21. The summed E-state index contributed by atoms with van der Waals surface area (Å²) in [6.45, 7) is 22.7. The summed E-state index contributed by atoms with van der Waals surface area (Å²) in [6, 6.07) is 0. The van der Waals surface area contributed by atoms with Crippen molar-refractivity contribution in [2.24, 2.45) is 10.9 Å². The lowest BCUT2D eigenvalue weighted by Crippen LogP contribution is -2.32. The first kappa shape index (κ1) is 27.7. The molecule has 30 heavy (non-hydrogen) atoms. The highest BCUT2D eigenvalue weighted by Crippen LogP contribution is 2.05. The Morgan fingerprint density at radius 2 is 1.97 bits per heavy atom. The van der Waals surface area contributed by atoms with E-state index in [1.165, 1.54) is 0 Å². The van der Waals surface area contributed by atoms with Gasteiger partial charge in [-0.3, -0.25) is 4.99 Å². The van der Waals surface area contributed by atoms with Gasteiger partial charge >= 0.3 is 0 Å². The van der Waals surface area contributed by atoms with Crippen LogP contribution in [0.25, 0.3) is 0 Å². The molecule has 0 aliphatic rings. The van der Waals surface area contributed by atoms with Crippen LogP contribution in [-0.2, 0) is 4.74 Å². The highest BCUT2D eigenvalue weighted by molar-refractivity contribution is 5.87. The van der Waals surface area contributed by atoms with Crippen molar-refractivity contribution in [1.29, 1.82) is 0 Å². The van der Waals surface area contributed by atoms with Gasteiger partial charge in [-0.2, -0.15) is 0 Å². The van der Waals surface area contributed by atoms with Crippen molar-refractivity contribution in [3.05, 3.63) is 73.5 Å². The van der Waals surface area contributed by atoms with E-state index >= 15 is 0 Å². The van der Waals surface area contributed by atoms with E-state index in [1.807, 2.05) is 30.4 Å². The summed E-state index contributed by atoms with van der Waals surface area (Å²) in [5.74, 6) is 1.17. The average Bonchev–Trinajstić information content (AvgIpc) is 2.75. The molecule has 0 aliphatic carbocycles. The van der Waals surface area contributed by atoms with Gasteiger partial charge in [0.15, 0.2) is 0 Å². The molecule has 0 aromatic carbocycles. The molecular formula is C26H43N3O. The van der Waals surface area contributed by atoms with Crippen LogP contribution in [0.15, 0.2) is 78.5 Å². The van der Waals surface area contributed by atoms with Crippen LogP contribution in [0.5, 0.6) is 0 Å². The summed E-state index contributed by atoms with van der Waals surface area (Å²) in [6.07, 6.45) is 16.8. The molecule has 0 aromatic heterocycles. The molecule has 0 radical (unpaired) electrons. The Bertz CT molecular complexity index is 614. The van der Waals surface area contributed by atoms with Gasteiger partial charge in [0.2, 0.25) is 5.90 Å². The van der Waals surface area contributed by atoms with Crippen molar-refractivity contribution in [1.82, 2.24) is 10.2 Å². The number of hydrogen-bond acceptors (Lipinski definition) is 4. The van der Waals surface area contributed by atoms with E-state index in [-0.39, 0.29) is 0 Å². The van der Waals surface area contributed by atoms with E-state index in [0.717, 1.165) is 56.7 Å². The van der Waals surface area contributed by atoms with Gasteiger partial charge in [-0.15, -0.1) is 6.58 Å². The Kier molecular flexibility index (Phi) is 17.2. The molecule has 0 spiro atoms. The molecule has 4 nitrogen and oxygen atoms in total. The minimum Gasteiger partial charge on any atom is -0.478 e. The summed E-state index contributed by atoms with van der Waals surface area (Å²) in [4.78, 5) is 6.64. The molecule has 0 saturated carbocycles. The first-order valence-corrected chi connectivity index (χ1v) is 11.0. The predicted octanol–water partition coefficient (Wildman–Crippen LogP) is 5.69. The van der Waals surface area contributed by atoms with Gasteiger partial charge in [-0.1, -0.05) is 63.5 Å². The summed E-state index contributed by atoms with van der Waals surface area (Å²) >= 11 is 0. The van der Waals surface area contributed by atoms with Crippen LogP contribution in [0, 0.1) is 5.92 Å². The van der Waals surface area contributed by atoms with Crippen LogP contribution in [0.3, 0.4) is 0 Å². The molecule has 0 rings (SSSR count). The molecule has 0 amide bonds. The molecular weight excluding hydrogens is 370 g/mol. The Morgan fingerprint density at radius 3 is 2.60 bits per heavy atom. The second-order valence-corrected chi connectivity index (χ2v) is 7.28. The predicted molar refractivity (Wildman–Crippen MR) is 134 cm³/mol. The Balaban J connectivity index is 4.06. The van der Waals surface area contributed by atoms with E-state index in [4.69, 9.17) is 4.74 Å². The Hall–Kier alpha value is -2.33. The number of nitrogens with one attached hydrogen (secondary N) is 1. The Labute approximate surface area is 185 Å². The van der Waals surface area contributed by atoms with Gasteiger partial charge in [-0.05, 0) is 56.8 Å². The van der Waals surface area contributed by atoms with Crippen LogP contribution in [0.4, 0.5) is 0 Å². The van der Waals surface area contributed by atoms with E-state index in [2.05, 4.69) is 61.8 Å². The first-order chi connectivity index (χ1) is 14.5. The third-order valence-corrected chi connectivity index (χ3v) is 4.79. The quantitative estimate of drug-likeness (QED) is 0.109. The lowest BCUT2D eigenvalue weighted by atomic mass is 10.1. The fourth-order valence-electron chi connectivity index (χ4n) is 2.59. The third-order valence-electron chi connectivity index (χ3n) is 4.79. The number of ether oxygens (including phenoxy) is 1. The number of rotatable bonds is 17. The number of unbranched alkanes of at least 4 members (excludes halogenated alkanes) is 1. The smallest absolute Gasteiger partial charge is 0.207 e. The SMILES string of the molecule is C=C/C=C\C=C(/C)C(=C)NCCN(CC)CCCCOC(/C=C\CC(C)C=C)=NC. The van der Waals surface area contributed by atoms with Crippen molar-refractivity contribution in [3.8, 4) is 0 Å². The summed E-state index contributed by atoms with van der Waals surface area (Å²) < 4.78 is 5.78. The maximum atomic E-state index is 5.78. The minimum atomic E-state index is 0.472. The number of hydrogen-bond donors (Lipinski definition) is 1. The van der Waals surface area contributed by atoms with Gasteiger partial charge in [0.1, 0.15) is 0 Å². The van der Waals surface area contributed by atoms with Gasteiger partial charge in [0, 0.05) is 25.8 Å². The largest absolute Gasteiger partial charge is 0.478 e. The molecule has 1 atom stereocenters. The first-order valence-electron chi connectivity index (χ1n) is 11.0. The van der Waals surface area contributed by atoms with Gasteiger partial charge < -0.3 is 15.0 Å². The number of allylic oxidation sites excluding steroid dienone is 7. The van der Waals surface area contributed by atoms with Crippen LogP contribution in [-0.4, -0.2) is 50.6 Å². The van der Waals surface area contributed by atoms with Crippen molar-refractivity contribution in [3.63, 3.8) is 0 Å². The third kappa shape index (κ3) is 14.6. The number of nitrogens with zero attached hydrogens (tertiary/aromatic N) is 2. The van der Waals surface area contributed by atoms with E-state index in [9.17, 15) is 0 Å². The minimum absolute atomic E-state index is 0.472. The summed E-state index contributed by atoms with van der Waals surface area (Å²) in [5.41, 5.74) is 2.10. The zero-order valence-corrected chi connectivity index (χ0v) is 19.7. The maximum absolute atomic E-state index is 5.78. The molecule has 1 N–H and O–H groups in total. The number of likely N-dealkylation sites (N-methyl/N-ethyl adjacent to an activating group) is 1. The van der Waals surface area contributed by atoms with E-state index < -0.39 is 0 Å². The molecule has 0 fully saturated rings. The molecule has 0 heterocycles. The van der Waals surface area contributed by atoms with E-state index in [0.29, 0.717) is 18.4 Å². The molecule has 4 heteroatoms. The van der Waals surface area contributed by atoms with Crippen LogP contribution < -0.4 is 5.32 Å². The van der Waals surface area contributed by atoms with Crippen molar-refractivity contribution in [2.75, 3.05) is 39.8 Å². The second kappa shape index (κ2) is 18.7.